The van der Waals surface area contributed by atoms with Crippen molar-refractivity contribution in [2.75, 3.05) is 6.54 Å². The van der Waals surface area contributed by atoms with Crippen LogP contribution in [0.15, 0.2) is 12.1 Å². The predicted molar refractivity (Wildman–Crippen MR) is 83.7 cm³/mol. The average Bonchev–Trinajstić information content (AvgIpc) is 3.04. The number of fused-ring (bicyclic) bond motifs is 1. The SMILES string of the molecule is Cc1ccc(CC(C)NC(=O)c2n[nH]c3c2CNCC3)s1. The van der Waals surface area contributed by atoms with Crippen LogP contribution in [-0.2, 0) is 19.4 Å². The van der Waals surface area contributed by atoms with Crippen molar-refractivity contribution in [3.05, 3.63) is 38.8 Å². The van der Waals surface area contributed by atoms with Crippen LogP contribution in [0.2, 0.25) is 0 Å². The summed E-state index contributed by atoms with van der Waals surface area (Å²) in [5.41, 5.74) is 2.63. The Hall–Kier alpha value is -1.66. The van der Waals surface area contributed by atoms with Crippen LogP contribution < -0.4 is 10.6 Å². The van der Waals surface area contributed by atoms with E-state index < -0.39 is 0 Å². The van der Waals surface area contributed by atoms with Crippen LogP contribution in [0.5, 0.6) is 0 Å². The van der Waals surface area contributed by atoms with Crippen molar-refractivity contribution in [3.63, 3.8) is 0 Å². The Morgan fingerprint density at radius 2 is 2.38 bits per heavy atom. The monoisotopic (exact) mass is 304 g/mol. The van der Waals surface area contributed by atoms with Crippen molar-refractivity contribution in [2.45, 2.75) is 39.3 Å². The van der Waals surface area contributed by atoms with Crippen LogP contribution in [-0.4, -0.2) is 28.7 Å². The molecule has 3 rings (SSSR count). The Morgan fingerprint density at radius 3 is 3.14 bits per heavy atom. The van der Waals surface area contributed by atoms with E-state index in [1.54, 1.807) is 11.3 Å². The van der Waals surface area contributed by atoms with Gasteiger partial charge in [0.05, 0.1) is 0 Å². The van der Waals surface area contributed by atoms with E-state index in [1.165, 1.54) is 9.75 Å². The van der Waals surface area contributed by atoms with Crippen molar-refractivity contribution in [1.29, 1.82) is 0 Å². The molecule has 2 aromatic rings. The topological polar surface area (TPSA) is 69.8 Å². The van der Waals surface area contributed by atoms with Crippen LogP contribution in [0.3, 0.4) is 0 Å². The maximum atomic E-state index is 12.4. The molecule has 2 aromatic heterocycles. The first-order chi connectivity index (χ1) is 10.1. The summed E-state index contributed by atoms with van der Waals surface area (Å²) in [6.07, 6.45) is 1.76. The molecule has 5 nitrogen and oxygen atoms in total. The lowest BCUT2D eigenvalue weighted by atomic mass is 10.1. The summed E-state index contributed by atoms with van der Waals surface area (Å²) in [6, 6.07) is 4.34. The average molecular weight is 304 g/mol. The van der Waals surface area contributed by atoms with Crippen molar-refractivity contribution < 1.29 is 4.79 Å². The van der Waals surface area contributed by atoms with Gasteiger partial charge in [0, 0.05) is 53.0 Å². The molecule has 0 aliphatic carbocycles. The van der Waals surface area contributed by atoms with Gasteiger partial charge in [-0.15, -0.1) is 11.3 Å². The smallest absolute Gasteiger partial charge is 0.272 e. The van der Waals surface area contributed by atoms with Crippen molar-refractivity contribution >= 4 is 17.2 Å². The first kappa shape index (κ1) is 14.3. The van der Waals surface area contributed by atoms with E-state index in [9.17, 15) is 4.79 Å². The molecule has 1 aliphatic heterocycles. The number of carbonyl (C=O) groups excluding carboxylic acids is 1. The zero-order chi connectivity index (χ0) is 14.8. The van der Waals surface area contributed by atoms with Crippen LogP contribution in [0, 0.1) is 6.92 Å². The summed E-state index contributed by atoms with van der Waals surface area (Å²) in [5.74, 6) is -0.0861. The molecular weight excluding hydrogens is 284 g/mol. The highest BCUT2D eigenvalue weighted by Crippen LogP contribution is 2.18. The number of aryl methyl sites for hydroxylation is 1. The summed E-state index contributed by atoms with van der Waals surface area (Å²) in [4.78, 5) is 15.0. The fourth-order valence-electron chi connectivity index (χ4n) is 2.65. The third-order valence-electron chi connectivity index (χ3n) is 3.70. The summed E-state index contributed by atoms with van der Waals surface area (Å²) >= 11 is 1.78. The van der Waals surface area contributed by atoms with Crippen molar-refractivity contribution in [1.82, 2.24) is 20.8 Å². The maximum absolute atomic E-state index is 12.4. The van der Waals surface area contributed by atoms with Crippen LogP contribution in [0.1, 0.15) is 38.4 Å². The summed E-state index contributed by atoms with van der Waals surface area (Å²) in [7, 11) is 0. The quantitative estimate of drug-likeness (QED) is 0.806. The molecular formula is C15H20N4OS. The molecule has 0 saturated heterocycles. The maximum Gasteiger partial charge on any atom is 0.272 e. The number of rotatable bonds is 4. The normalized spacial score (nSPS) is 15.5. The van der Waals surface area contributed by atoms with Crippen molar-refractivity contribution in [2.24, 2.45) is 0 Å². The number of aromatic amines is 1. The van der Waals surface area contributed by atoms with E-state index in [2.05, 4.69) is 39.9 Å². The second-order valence-electron chi connectivity index (χ2n) is 5.55. The van der Waals surface area contributed by atoms with E-state index in [-0.39, 0.29) is 11.9 Å². The highest BCUT2D eigenvalue weighted by molar-refractivity contribution is 7.11. The van der Waals surface area contributed by atoms with E-state index >= 15 is 0 Å². The molecule has 3 heterocycles. The van der Waals surface area contributed by atoms with E-state index in [0.717, 1.165) is 30.6 Å². The lowest BCUT2D eigenvalue weighted by molar-refractivity contribution is 0.0934. The number of hydrogen-bond acceptors (Lipinski definition) is 4. The first-order valence-corrected chi connectivity index (χ1v) is 8.08. The minimum absolute atomic E-state index is 0.0861. The lowest BCUT2D eigenvalue weighted by Crippen LogP contribution is -2.35. The van der Waals surface area contributed by atoms with Crippen molar-refractivity contribution in [3.8, 4) is 0 Å². The Kier molecular flexibility index (Phi) is 4.07. The number of thiophene rings is 1. The van der Waals surface area contributed by atoms with Gasteiger partial charge < -0.3 is 10.6 Å². The highest BCUT2D eigenvalue weighted by Gasteiger charge is 2.22. The number of hydrogen-bond donors (Lipinski definition) is 3. The third-order valence-corrected chi connectivity index (χ3v) is 4.73. The Balaban J connectivity index is 1.64. The minimum atomic E-state index is -0.0861. The predicted octanol–water partition coefficient (Wildman–Crippen LogP) is 1.79. The lowest BCUT2D eigenvalue weighted by Gasteiger charge is -2.15. The molecule has 0 fully saturated rings. The Bertz CT molecular complexity index is 646. The zero-order valence-corrected chi connectivity index (χ0v) is 13.1. The molecule has 3 N–H and O–H groups in total. The van der Waals surface area contributed by atoms with Gasteiger partial charge in [-0.25, -0.2) is 0 Å². The zero-order valence-electron chi connectivity index (χ0n) is 12.3. The van der Waals surface area contributed by atoms with Crippen LogP contribution >= 0.6 is 11.3 Å². The van der Waals surface area contributed by atoms with Gasteiger partial charge in [-0.3, -0.25) is 9.89 Å². The molecule has 0 bridgehead atoms. The van der Waals surface area contributed by atoms with E-state index in [4.69, 9.17) is 0 Å². The number of amides is 1. The molecule has 112 valence electrons. The Morgan fingerprint density at radius 1 is 1.52 bits per heavy atom. The number of H-pyrrole nitrogens is 1. The fourth-order valence-corrected chi connectivity index (χ4v) is 3.67. The van der Waals surface area contributed by atoms with Gasteiger partial charge in [-0.2, -0.15) is 5.10 Å². The van der Waals surface area contributed by atoms with Gasteiger partial charge in [-0.1, -0.05) is 0 Å². The largest absolute Gasteiger partial charge is 0.348 e. The van der Waals surface area contributed by atoms with Gasteiger partial charge in [0.15, 0.2) is 5.69 Å². The molecule has 0 radical (unpaired) electrons. The number of nitrogens with zero attached hydrogens (tertiary/aromatic N) is 1. The fraction of sp³-hybridized carbons (Fsp3) is 0.467. The van der Waals surface area contributed by atoms with E-state index in [1.807, 2.05) is 6.92 Å². The highest BCUT2D eigenvalue weighted by atomic mass is 32.1. The molecule has 0 aromatic carbocycles. The summed E-state index contributed by atoms with van der Waals surface area (Å²) < 4.78 is 0. The van der Waals surface area contributed by atoms with Gasteiger partial charge in [-0.05, 0) is 26.0 Å². The van der Waals surface area contributed by atoms with Gasteiger partial charge in [0.25, 0.3) is 5.91 Å². The van der Waals surface area contributed by atoms with E-state index in [0.29, 0.717) is 12.2 Å². The molecule has 1 atom stereocenters. The molecule has 6 heteroatoms. The first-order valence-electron chi connectivity index (χ1n) is 7.26. The molecule has 0 saturated carbocycles. The number of carbonyl (C=O) groups is 1. The minimum Gasteiger partial charge on any atom is -0.348 e. The summed E-state index contributed by atoms with van der Waals surface area (Å²) in [5, 5.41) is 13.5. The van der Waals surface area contributed by atoms with Gasteiger partial charge >= 0.3 is 0 Å². The molecule has 0 spiro atoms. The summed E-state index contributed by atoms with van der Waals surface area (Å²) in [6.45, 7) is 5.78. The standard InChI is InChI=1S/C15H20N4OS/c1-9(7-11-4-3-10(2)21-11)17-15(20)14-12-8-16-6-5-13(12)18-19-14/h3-4,9,16H,5-8H2,1-2H3,(H,17,20)(H,18,19). The Labute approximate surface area is 128 Å². The van der Waals surface area contributed by atoms with Crippen LogP contribution in [0.4, 0.5) is 0 Å². The molecule has 21 heavy (non-hydrogen) atoms. The van der Waals surface area contributed by atoms with Crippen LogP contribution in [0.25, 0.3) is 0 Å². The third kappa shape index (κ3) is 3.16. The van der Waals surface area contributed by atoms with Gasteiger partial charge in [0.2, 0.25) is 0 Å². The second-order valence-corrected chi connectivity index (χ2v) is 6.92. The molecule has 1 unspecified atom stereocenters. The molecule has 1 aliphatic rings. The molecule has 1 amide bonds. The number of aromatic nitrogens is 2. The second kappa shape index (κ2) is 5.99. The number of nitrogens with one attached hydrogen (secondary N) is 3. The van der Waals surface area contributed by atoms with Gasteiger partial charge in [0.1, 0.15) is 0 Å².